The van der Waals surface area contributed by atoms with Gasteiger partial charge in [0.1, 0.15) is 17.5 Å². The van der Waals surface area contributed by atoms with Crippen molar-refractivity contribution in [2.75, 3.05) is 6.61 Å². The van der Waals surface area contributed by atoms with Crippen molar-refractivity contribution in [2.24, 2.45) is 5.92 Å². The zero-order valence-corrected chi connectivity index (χ0v) is 22.8. The van der Waals surface area contributed by atoms with Crippen LogP contribution in [0, 0.1) is 5.92 Å². The Kier molecular flexibility index (Phi) is 7.00. The Balaban J connectivity index is 1.44. The van der Waals surface area contributed by atoms with Gasteiger partial charge in [0.15, 0.2) is 0 Å². The number of aliphatic hydroxyl groups is 1. The number of nitrogens with zero attached hydrogens (tertiary/aromatic N) is 1. The van der Waals surface area contributed by atoms with Crippen LogP contribution in [0.1, 0.15) is 54.6 Å². The topological polar surface area (TPSA) is 115 Å². The number of benzene rings is 2. The molecule has 5 rings (SSSR count). The van der Waals surface area contributed by atoms with Gasteiger partial charge in [0.25, 0.3) is 5.91 Å². The van der Waals surface area contributed by atoms with Crippen LogP contribution in [-0.2, 0) is 16.0 Å². The van der Waals surface area contributed by atoms with Gasteiger partial charge < -0.3 is 25.6 Å². The van der Waals surface area contributed by atoms with E-state index >= 15 is 0 Å². The number of fused-ring (bicyclic) bond motifs is 4. The highest BCUT2D eigenvalue weighted by molar-refractivity contribution is 8.01. The molecule has 2 aliphatic rings. The predicted octanol–water partition coefficient (Wildman–Crippen LogP) is 3.38. The van der Waals surface area contributed by atoms with Crippen molar-refractivity contribution in [2.45, 2.75) is 62.4 Å². The molecule has 3 aromatic rings. The Labute approximate surface area is 226 Å². The van der Waals surface area contributed by atoms with E-state index in [9.17, 15) is 19.5 Å². The van der Waals surface area contributed by atoms with Crippen LogP contribution < -0.4 is 10.6 Å². The molecule has 4 atom stereocenters. The number of aromatic nitrogens is 1. The highest BCUT2D eigenvalue weighted by Gasteiger charge is 2.57. The molecule has 1 fully saturated rings. The highest BCUT2D eigenvalue weighted by Crippen LogP contribution is 2.56. The summed E-state index contributed by atoms with van der Waals surface area (Å²) in [7, 11) is 0. The third kappa shape index (κ3) is 4.58. The number of carbonyl (C=O) groups is 3. The van der Waals surface area contributed by atoms with Crippen LogP contribution >= 0.6 is 11.8 Å². The lowest BCUT2D eigenvalue weighted by atomic mass is 9.98. The number of para-hydroxylation sites is 1. The molecule has 2 aliphatic heterocycles. The van der Waals surface area contributed by atoms with E-state index in [1.807, 2.05) is 76.4 Å². The molecular formula is C29H34N4O4S. The van der Waals surface area contributed by atoms with E-state index in [2.05, 4.69) is 15.6 Å². The molecule has 0 bridgehead atoms. The number of nitrogens with one attached hydrogen (secondary N) is 3. The summed E-state index contributed by atoms with van der Waals surface area (Å²) in [5.74, 6) is -0.884. The van der Waals surface area contributed by atoms with Crippen molar-refractivity contribution in [3.63, 3.8) is 0 Å². The number of carbonyl (C=O) groups excluding carboxylic acids is 3. The van der Waals surface area contributed by atoms with Crippen molar-refractivity contribution in [1.29, 1.82) is 0 Å². The lowest BCUT2D eigenvalue weighted by Gasteiger charge is -2.31. The first kappa shape index (κ1) is 26.3. The van der Waals surface area contributed by atoms with Gasteiger partial charge in [0, 0.05) is 33.8 Å². The maximum absolute atomic E-state index is 13.9. The fourth-order valence-corrected chi connectivity index (χ4v) is 7.08. The number of rotatable bonds is 8. The minimum atomic E-state index is -0.894. The lowest BCUT2D eigenvalue weighted by Crippen LogP contribution is -2.58. The summed E-state index contributed by atoms with van der Waals surface area (Å²) in [6.07, 6.45) is 2.12. The Hall–Kier alpha value is -3.30. The third-order valence-electron chi connectivity index (χ3n) is 7.61. The molecule has 1 aromatic heterocycles. The van der Waals surface area contributed by atoms with Crippen LogP contribution in [0.3, 0.4) is 0 Å². The first-order valence-electron chi connectivity index (χ1n) is 13.0. The van der Waals surface area contributed by atoms with Gasteiger partial charge in [0.2, 0.25) is 11.8 Å². The third-order valence-corrected chi connectivity index (χ3v) is 9.14. The van der Waals surface area contributed by atoms with Crippen LogP contribution in [0.5, 0.6) is 0 Å². The van der Waals surface area contributed by atoms with Gasteiger partial charge >= 0.3 is 0 Å². The summed E-state index contributed by atoms with van der Waals surface area (Å²) >= 11 is 1.59. The second kappa shape index (κ2) is 10.1. The second-order valence-corrected chi connectivity index (χ2v) is 12.7. The van der Waals surface area contributed by atoms with Gasteiger partial charge in [-0.2, -0.15) is 0 Å². The molecule has 8 nitrogen and oxygen atoms in total. The van der Waals surface area contributed by atoms with Gasteiger partial charge in [-0.15, -0.1) is 11.8 Å². The normalized spacial score (nSPS) is 21.3. The predicted molar refractivity (Wildman–Crippen MR) is 149 cm³/mol. The Morgan fingerprint density at radius 1 is 1.11 bits per heavy atom. The number of aliphatic hydroxyl groups excluding tert-OH is 1. The van der Waals surface area contributed by atoms with Gasteiger partial charge in [0.05, 0.1) is 12.6 Å². The first-order valence-corrected chi connectivity index (χ1v) is 13.9. The van der Waals surface area contributed by atoms with E-state index in [1.54, 1.807) is 22.7 Å². The smallest absolute Gasteiger partial charge is 0.256 e. The Morgan fingerprint density at radius 2 is 1.82 bits per heavy atom. The molecule has 0 saturated carbocycles. The van der Waals surface area contributed by atoms with E-state index < -0.39 is 22.9 Å². The van der Waals surface area contributed by atoms with Crippen LogP contribution in [0.2, 0.25) is 0 Å². The monoisotopic (exact) mass is 534 g/mol. The van der Waals surface area contributed by atoms with Crippen molar-refractivity contribution in [3.8, 4) is 0 Å². The van der Waals surface area contributed by atoms with Crippen molar-refractivity contribution in [1.82, 2.24) is 20.5 Å². The maximum atomic E-state index is 13.9. The van der Waals surface area contributed by atoms with Crippen LogP contribution in [0.4, 0.5) is 0 Å². The zero-order valence-electron chi connectivity index (χ0n) is 22.0. The van der Waals surface area contributed by atoms with Crippen molar-refractivity contribution < 1.29 is 19.5 Å². The molecule has 3 amide bonds. The second-order valence-electron chi connectivity index (χ2n) is 10.9. The number of H-pyrrole nitrogens is 1. The molecule has 0 spiro atoms. The number of thioether (sulfide) groups is 1. The van der Waals surface area contributed by atoms with E-state index in [0.717, 1.165) is 22.0 Å². The molecule has 9 heteroatoms. The fourth-order valence-electron chi connectivity index (χ4n) is 5.49. The Bertz CT molecular complexity index is 1380. The Morgan fingerprint density at radius 3 is 2.55 bits per heavy atom. The standard InChI is InChI=1S/C29H34N4O4S/c1-16(2)23(15-34)32-25(35)22(13-17-14-30-21-12-8-7-9-18(17)21)31-26(36)24-29(3,4)38-28-20-11-6-5-10-19(20)27(37)33(24)28/h5-12,14,16,22-24,28,30,34H,13,15H2,1-4H3,(H,31,36)(H,32,35)/t22-,23+,24+,28-/m0/s1. The number of aromatic amines is 1. The molecule has 1 saturated heterocycles. The van der Waals surface area contributed by atoms with Gasteiger partial charge in [-0.25, -0.2) is 0 Å². The molecule has 38 heavy (non-hydrogen) atoms. The summed E-state index contributed by atoms with van der Waals surface area (Å²) in [5.41, 5.74) is 3.38. The zero-order chi connectivity index (χ0) is 27.2. The first-order chi connectivity index (χ1) is 18.1. The average Bonchev–Trinajstić information content (AvgIpc) is 3.51. The molecule has 4 N–H and O–H groups in total. The minimum Gasteiger partial charge on any atom is -0.394 e. The van der Waals surface area contributed by atoms with E-state index in [1.165, 1.54) is 0 Å². The molecule has 200 valence electrons. The summed E-state index contributed by atoms with van der Waals surface area (Å²) in [6.45, 7) is 7.56. The molecule has 0 radical (unpaired) electrons. The number of hydrogen-bond acceptors (Lipinski definition) is 5. The molecule has 0 aliphatic carbocycles. The van der Waals surface area contributed by atoms with E-state index in [0.29, 0.717) is 5.56 Å². The SMILES string of the molecule is CC(C)[C@@H](CO)NC(=O)[C@H](Cc1c[nH]c2ccccc12)NC(=O)[C@H]1N2C(=O)c3ccccc3[C@@H]2SC1(C)C. The lowest BCUT2D eigenvalue weighted by molar-refractivity contribution is -0.132. The molecule has 0 unspecified atom stereocenters. The van der Waals surface area contributed by atoms with Crippen molar-refractivity contribution in [3.05, 3.63) is 71.4 Å². The summed E-state index contributed by atoms with van der Waals surface area (Å²) in [6, 6.07) is 13.2. The van der Waals surface area contributed by atoms with E-state index in [-0.39, 0.29) is 42.0 Å². The molecule has 3 heterocycles. The molecule has 2 aromatic carbocycles. The van der Waals surface area contributed by atoms with Gasteiger partial charge in [-0.1, -0.05) is 50.2 Å². The maximum Gasteiger partial charge on any atom is 0.256 e. The van der Waals surface area contributed by atoms with E-state index in [4.69, 9.17) is 0 Å². The summed E-state index contributed by atoms with van der Waals surface area (Å²) in [5, 5.41) is 16.4. The number of hydrogen-bond donors (Lipinski definition) is 4. The summed E-state index contributed by atoms with van der Waals surface area (Å²) in [4.78, 5) is 45.7. The van der Waals surface area contributed by atoms with Crippen molar-refractivity contribution >= 4 is 40.4 Å². The van der Waals surface area contributed by atoms with Crippen LogP contribution in [-0.4, -0.2) is 62.2 Å². The average molecular weight is 535 g/mol. The van der Waals surface area contributed by atoms with Crippen LogP contribution in [0.25, 0.3) is 10.9 Å². The fraction of sp³-hybridized carbons (Fsp3) is 0.414. The van der Waals surface area contributed by atoms with Gasteiger partial charge in [-0.3, -0.25) is 14.4 Å². The number of amides is 3. The largest absolute Gasteiger partial charge is 0.394 e. The van der Waals surface area contributed by atoms with Crippen LogP contribution in [0.15, 0.2) is 54.7 Å². The quantitative estimate of drug-likeness (QED) is 0.354. The minimum absolute atomic E-state index is 0.0139. The molecular weight excluding hydrogens is 500 g/mol. The van der Waals surface area contributed by atoms with Gasteiger partial charge in [-0.05, 0) is 43.0 Å². The highest BCUT2D eigenvalue weighted by atomic mass is 32.2. The summed E-state index contributed by atoms with van der Waals surface area (Å²) < 4.78 is -0.564.